The summed E-state index contributed by atoms with van der Waals surface area (Å²) < 4.78 is 10.6. The van der Waals surface area contributed by atoms with Gasteiger partial charge in [-0.25, -0.2) is 4.98 Å². The smallest absolute Gasteiger partial charge is 0.255 e. The van der Waals surface area contributed by atoms with Gasteiger partial charge in [-0.2, -0.15) is 0 Å². The number of aromatic nitrogens is 1. The fraction of sp³-hybridized carbons (Fsp3) is 0.143. The predicted octanol–water partition coefficient (Wildman–Crippen LogP) is 4.62. The second-order valence-electron chi connectivity index (χ2n) is 5.89. The van der Waals surface area contributed by atoms with E-state index in [-0.39, 0.29) is 5.91 Å². The highest BCUT2D eigenvalue weighted by Gasteiger charge is 2.12. The summed E-state index contributed by atoms with van der Waals surface area (Å²) in [6.07, 6.45) is 1.58. The molecule has 0 saturated carbocycles. The summed E-state index contributed by atoms with van der Waals surface area (Å²) in [6, 6.07) is 16.1. The molecule has 0 aliphatic heterocycles. The number of para-hydroxylation sites is 1. The minimum absolute atomic E-state index is 0.289. The number of nitrogens with one attached hydrogen (secondary N) is 2. The van der Waals surface area contributed by atoms with E-state index in [9.17, 15) is 4.79 Å². The zero-order chi connectivity index (χ0) is 19.9. The van der Waals surface area contributed by atoms with E-state index in [0.29, 0.717) is 34.4 Å². The lowest BCUT2D eigenvalue weighted by Gasteiger charge is -2.12. The average molecular weight is 398 g/mol. The Morgan fingerprint density at radius 3 is 2.61 bits per heavy atom. The molecule has 0 aliphatic carbocycles. The van der Waals surface area contributed by atoms with Crippen LogP contribution in [0.4, 0.5) is 11.5 Å². The first-order chi connectivity index (χ1) is 13.6. The quantitative estimate of drug-likeness (QED) is 0.608. The van der Waals surface area contributed by atoms with Gasteiger partial charge >= 0.3 is 0 Å². The Balaban J connectivity index is 1.72. The summed E-state index contributed by atoms with van der Waals surface area (Å²) in [5.74, 6) is 1.61. The molecule has 0 saturated heterocycles. The van der Waals surface area contributed by atoms with E-state index < -0.39 is 0 Å². The normalized spacial score (nSPS) is 10.2. The molecule has 0 spiro atoms. The van der Waals surface area contributed by atoms with Crippen LogP contribution in [0.5, 0.6) is 11.5 Å². The zero-order valence-corrected chi connectivity index (χ0v) is 16.3. The Bertz CT molecular complexity index is 979. The van der Waals surface area contributed by atoms with Crippen LogP contribution >= 0.6 is 11.6 Å². The van der Waals surface area contributed by atoms with Crippen molar-refractivity contribution in [3.8, 4) is 11.5 Å². The average Bonchev–Trinajstić information content (AvgIpc) is 2.73. The number of anilines is 2. The summed E-state index contributed by atoms with van der Waals surface area (Å²) in [7, 11) is 3.16. The van der Waals surface area contributed by atoms with Crippen LogP contribution in [0.2, 0.25) is 5.02 Å². The fourth-order valence-corrected chi connectivity index (χ4v) is 2.85. The molecule has 1 aromatic heterocycles. The van der Waals surface area contributed by atoms with Crippen molar-refractivity contribution >= 4 is 29.0 Å². The molecule has 2 aromatic carbocycles. The number of carbonyl (C=O) groups is 1. The number of halogens is 1. The summed E-state index contributed by atoms with van der Waals surface area (Å²) in [5, 5.41) is 6.53. The third-order valence-electron chi connectivity index (χ3n) is 4.08. The Labute approximate surface area is 168 Å². The van der Waals surface area contributed by atoms with Gasteiger partial charge in [0.15, 0.2) is 0 Å². The zero-order valence-electron chi connectivity index (χ0n) is 15.5. The van der Waals surface area contributed by atoms with E-state index in [0.717, 1.165) is 11.3 Å². The standard InChI is InChI=1S/C21H20ClN3O3/c1-27-18-6-4-3-5-15(18)13-24-20-11-14(9-10-23-20)21(26)25-17-12-16(22)7-8-19(17)28-2/h3-12H,13H2,1-2H3,(H,23,24)(H,25,26). The van der Waals surface area contributed by atoms with Crippen molar-refractivity contribution in [1.29, 1.82) is 0 Å². The molecule has 1 heterocycles. The van der Waals surface area contributed by atoms with E-state index in [2.05, 4.69) is 15.6 Å². The van der Waals surface area contributed by atoms with Crippen LogP contribution in [-0.2, 0) is 6.54 Å². The van der Waals surface area contributed by atoms with Gasteiger partial charge in [0.25, 0.3) is 5.91 Å². The third-order valence-corrected chi connectivity index (χ3v) is 4.32. The lowest BCUT2D eigenvalue weighted by atomic mass is 10.2. The van der Waals surface area contributed by atoms with Gasteiger partial charge in [0.05, 0.1) is 19.9 Å². The molecule has 3 aromatic rings. The van der Waals surface area contributed by atoms with Gasteiger partial charge in [-0.15, -0.1) is 0 Å². The fourth-order valence-electron chi connectivity index (χ4n) is 2.68. The maximum atomic E-state index is 12.6. The summed E-state index contributed by atoms with van der Waals surface area (Å²) >= 11 is 6.02. The van der Waals surface area contributed by atoms with Crippen LogP contribution in [0.25, 0.3) is 0 Å². The number of ether oxygens (including phenoxy) is 2. The van der Waals surface area contributed by atoms with E-state index in [4.69, 9.17) is 21.1 Å². The number of pyridine rings is 1. The van der Waals surface area contributed by atoms with Crippen LogP contribution in [0.1, 0.15) is 15.9 Å². The summed E-state index contributed by atoms with van der Waals surface area (Å²) in [4.78, 5) is 16.9. The van der Waals surface area contributed by atoms with Gasteiger partial charge in [-0.3, -0.25) is 4.79 Å². The van der Waals surface area contributed by atoms with Crippen LogP contribution < -0.4 is 20.1 Å². The van der Waals surface area contributed by atoms with E-state index in [1.165, 1.54) is 7.11 Å². The Morgan fingerprint density at radius 2 is 1.82 bits per heavy atom. The first-order valence-corrected chi connectivity index (χ1v) is 8.95. The highest BCUT2D eigenvalue weighted by atomic mass is 35.5. The Morgan fingerprint density at radius 1 is 1.04 bits per heavy atom. The van der Waals surface area contributed by atoms with Gasteiger partial charge in [0, 0.05) is 28.9 Å². The monoisotopic (exact) mass is 397 g/mol. The summed E-state index contributed by atoms with van der Waals surface area (Å²) in [5.41, 5.74) is 1.95. The molecule has 0 fully saturated rings. The second-order valence-corrected chi connectivity index (χ2v) is 6.33. The highest BCUT2D eigenvalue weighted by molar-refractivity contribution is 6.31. The molecule has 0 unspecified atom stereocenters. The molecular formula is C21H20ClN3O3. The SMILES string of the molecule is COc1ccccc1CNc1cc(C(=O)Nc2cc(Cl)ccc2OC)ccn1. The first kappa shape index (κ1) is 19.5. The molecule has 0 atom stereocenters. The first-order valence-electron chi connectivity index (χ1n) is 8.57. The van der Waals surface area contributed by atoms with Gasteiger partial charge < -0.3 is 20.1 Å². The predicted molar refractivity (Wildman–Crippen MR) is 111 cm³/mol. The maximum Gasteiger partial charge on any atom is 0.255 e. The lowest BCUT2D eigenvalue weighted by Crippen LogP contribution is -2.13. The molecule has 28 heavy (non-hydrogen) atoms. The van der Waals surface area contributed by atoms with E-state index >= 15 is 0 Å². The largest absolute Gasteiger partial charge is 0.496 e. The topological polar surface area (TPSA) is 72.5 Å². The van der Waals surface area contributed by atoms with Gasteiger partial charge in [0.2, 0.25) is 0 Å². The van der Waals surface area contributed by atoms with E-state index in [1.807, 2.05) is 24.3 Å². The van der Waals surface area contributed by atoms with Crippen molar-refractivity contribution in [2.24, 2.45) is 0 Å². The Hall–Kier alpha value is -3.25. The van der Waals surface area contributed by atoms with Crippen molar-refractivity contribution in [3.63, 3.8) is 0 Å². The number of rotatable bonds is 7. The van der Waals surface area contributed by atoms with Gasteiger partial charge in [-0.05, 0) is 36.4 Å². The number of methoxy groups -OCH3 is 2. The second kappa shape index (κ2) is 9.10. The van der Waals surface area contributed by atoms with Crippen LogP contribution in [0.15, 0.2) is 60.8 Å². The van der Waals surface area contributed by atoms with Crippen molar-refractivity contribution in [2.45, 2.75) is 6.54 Å². The molecule has 0 aliphatic rings. The van der Waals surface area contributed by atoms with Crippen LogP contribution in [0.3, 0.4) is 0 Å². The number of amides is 1. The molecule has 2 N–H and O–H groups in total. The number of hydrogen-bond donors (Lipinski definition) is 2. The summed E-state index contributed by atoms with van der Waals surface area (Å²) in [6.45, 7) is 0.518. The molecule has 1 amide bonds. The number of benzene rings is 2. The highest BCUT2D eigenvalue weighted by Crippen LogP contribution is 2.28. The van der Waals surface area contributed by atoms with Gasteiger partial charge in [0.1, 0.15) is 17.3 Å². The van der Waals surface area contributed by atoms with Crippen LogP contribution in [-0.4, -0.2) is 25.1 Å². The molecular weight excluding hydrogens is 378 g/mol. The third kappa shape index (κ3) is 4.72. The number of nitrogens with zero attached hydrogens (tertiary/aromatic N) is 1. The molecule has 7 heteroatoms. The molecule has 6 nitrogen and oxygen atoms in total. The molecule has 3 rings (SSSR count). The minimum Gasteiger partial charge on any atom is -0.496 e. The number of hydrogen-bond acceptors (Lipinski definition) is 5. The molecule has 0 bridgehead atoms. The van der Waals surface area contributed by atoms with Crippen molar-refractivity contribution in [1.82, 2.24) is 4.98 Å². The number of carbonyl (C=O) groups excluding carboxylic acids is 1. The van der Waals surface area contributed by atoms with Crippen molar-refractivity contribution in [3.05, 3.63) is 76.9 Å². The maximum absolute atomic E-state index is 12.6. The minimum atomic E-state index is -0.289. The van der Waals surface area contributed by atoms with E-state index in [1.54, 1.807) is 43.6 Å². The van der Waals surface area contributed by atoms with Crippen LogP contribution in [0, 0.1) is 0 Å². The lowest BCUT2D eigenvalue weighted by molar-refractivity contribution is 0.102. The van der Waals surface area contributed by atoms with Gasteiger partial charge in [-0.1, -0.05) is 29.8 Å². The van der Waals surface area contributed by atoms with Crippen molar-refractivity contribution < 1.29 is 14.3 Å². The molecule has 144 valence electrons. The molecule has 0 radical (unpaired) electrons. The van der Waals surface area contributed by atoms with Crippen molar-refractivity contribution in [2.75, 3.05) is 24.9 Å². The Kier molecular flexibility index (Phi) is 6.34.